The largest absolute Gasteiger partial charge is 0.380 e. The van der Waals surface area contributed by atoms with Crippen molar-refractivity contribution in [2.75, 3.05) is 13.2 Å². The van der Waals surface area contributed by atoms with Crippen LogP contribution in [0.2, 0.25) is 0 Å². The van der Waals surface area contributed by atoms with E-state index in [4.69, 9.17) is 4.74 Å². The van der Waals surface area contributed by atoms with Gasteiger partial charge in [-0.25, -0.2) is 0 Å². The van der Waals surface area contributed by atoms with E-state index in [9.17, 15) is 0 Å². The SMILES string of the molecule is CCOCC(NC1CC(c2ccc(Br)cc2)C1)C(C)C. The van der Waals surface area contributed by atoms with Crippen molar-refractivity contribution in [2.24, 2.45) is 5.92 Å². The fraction of sp³-hybridized carbons (Fsp3) is 0.647. The Morgan fingerprint density at radius 1 is 1.25 bits per heavy atom. The summed E-state index contributed by atoms with van der Waals surface area (Å²) < 4.78 is 6.74. The fourth-order valence-corrected chi connectivity index (χ4v) is 3.01. The molecular weight excluding hydrogens is 314 g/mol. The summed E-state index contributed by atoms with van der Waals surface area (Å²) in [5, 5.41) is 3.76. The second-order valence-electron chi connectivity index (χ2n) is 6.09. The highest BCUT2D eigenvalue weighted by Gasteiger charge is 2.32. The summed E-state index contributed by atoms with van der Waals surface area (Å²) in [6.45, 7) is 8.22. The first-order chi connectivity index (χ1) is 9.60. The number of hydrogen-bond donors (Lipinski definition) is 1. The van der Waals surface area contributed by atoms with Crippen LogP contribution in [0.15, 0.2) is 28.7 Å². The van der Waals surface area contributed by atoms with Crippen LogP contribution in [0.4, 0.5) is 0 Å². The lowest BCUT2D eigenvalue weighted by molar-refractivity contribution is 0.0943. The lowest BCUT2D eigenvalue weighted by atomic mass is 9.75. The number of ether oxygens (including phenoxy) is 1. The molecule has 1 aliphatic carbocycles. The molecule has 112 valence electrons. The van der Waals surface area contributed by atoms with E-state index in [1.807, 2.05) is 0 Å². The molecule has 0 aromatic heterocycles. The average Bonchev–Trinajstić information content (AvgIpc) is 2.38. The molecule has 20 heavy (non-hydrogen) atoms. The first-order valence-corrected chi connectivity index (χ1v) is 8.48. The topological polar surface area (TPSA) is 21.3 Å². The van der Waals surface area contributed by atoms with Crippen LogP contribution in [-0.4, -0.2) is 25.3 Å². The minimum atomic E-state index is 0.478. The summed E-state index contributed by atoms with van der Waals surface area (Å²) in [6, 6.07) is 9.89. The number of halogens is 1. The van der Waals surface area contributed by atoms with Gasteiger partial charge in [0.05, 0.1) is 6.61 Å². The summed E-state index contributed by atoms with van der Waals surface area (Å²) in [5.41, 5.74) is 1.47. The van der Waals surface area contributed by atoms with Gasteiger partial charge >= 0.3 is 0 Å². The summed E-state index contributed by atoms with van der Waals surface area (Å²) >= 11 is 3.49. The maximum absolute atomic E-state index is 5.58. The molecule has 0 aliphatic heterocycles. The molecule has 0 radical (unpaired) electrons. The van der Waals surface area contributed by atoms with Gasteiger partial charge in [-0.1, -0.05) is 41.9 Å². The molecule has 2 nitrogen and oxygen atoms in total. The zero-order valence-corrected chi connectivity index (χ0v) is 14.3. The van der Waals surface area contributed by atoms with Crippen LogP contribution in [0.3, 0.4) is 0 Å². The van der Waals surface area contributed by atoms with E-state index >= 15 is 0 Å². The Balaban J connectivity index is 1.78. The molecule has 1 saturated carbocycles. The van der Waals surface area contributed by atoms with E-state index in [0.29, 0.717) is 18.0 Å². The Bertz CT molecular complexity index is 398. The van der Waals surface area contributed by atoms with Gasteiger partial charge in [0.1, 0.15) is 0 Å². The highest BCUT2D eigenvalue weighted by molar-refractivity contribution is 9.10. The molecule has 1 aliphatic rings. The Labute approximate surface area is 131 Å². The maximum atomic E-state index is 5.58. The molecule has 1 N–H and O–H groups in total. The van der Waals surface area contributed by atoms with Crippen LogP contribution in [0.1, 0.15) is 45.1 Å². The lowest BCUT2D eigenvalue weighted by Crippen LogP contribution is -2.49. The highest BCUT2D eigenvalue weighted by atomic mass is 79.9. The van der Waals surface area contributed by atoms with Gasteiger partial charge in [-0.05, 0) is 49.3 Å². The maximum Gasteiger partial charge on any atom is 0.0622 e. The third kappa shape index (κ3) is 4.31. The summed E-state index contributed by atoms with van der Waals surface area (Å²) in [4.78, 5) is 0. The smallest absolute Gasteiger partial charge is 0.0622 e. The van der Waals surface area contributed by atoms with Crippen LogP contribution in [-0.2, 0) is 4.74 Å². The Hall–Kier alpha value is -0.380. The molecule has 1 fully saturated rings. The van der Waals surface area contributed by atoms with E-state index < -0.39 is 0 Å². The van der Waals surface area contributed by atoms with Gasteiger partial charge in [0.15, 0.2) is 0 Å². The zero-order chi connectivity index (χ0) is 14.5. The van der Waals surface area contributed by atoms with Crippen molar-refractivity contribution in [2.45, 2.75) is 51.6 Å². The fourth-order valence-electron chi connectivity index (χ4n) is 2.74. The summed E-state index contributed by atoms with van der Waals surface area (Å²) in [6.07, 6.45) is 2.49. The van der Waals surface area contributed by atoms with Crippen molar-refractivity contribution in [1.29, 1.82) is 0 Å². The molecule has 1 unspecified atom stereocenters. The zero-order valence-electron chi connectivity index (χ0n) is 12.7. The molecule has 0 saturated heterocycles. The Morgan fingerprint density at radius 2 is 1.90 bits per heavy atom. The first kappa shape index (κ1) is 16.0. The standard InChI is InChI=1S/C17H26BrNO/c1-4-20-11-17(12(2)3)19-16-9-14(10-16)13-5-7-15(18)8-6-13/h5-8,12,14,16-17,19H,4,9-11H2,1-3H3. The van der Waals surface area contributed by atoms with Crippen molar-refractivity contribution in [1.82, 2.24) is 5.32 Å². The molecule has 0 bridgehead atoms. The van der Waals surface area contributed by atoms with E-state index in [0.717, 1.165) is 23.6 Å². The van der Waals surface area contributed by atoms with Crippen LogP contribution >= 0.6 is 15.9 Å². The number of benzene rings is 1. The van der Waals surface area contributed by atoms with Crippen LogP contribution < -0.4 is 5.32 Å². The average molecular weight is 340 g/mol. The normalized spacial score (nSPS) is 23.6. The molecule has 0 heterocycles. The summed E-state index contributed by atoms with van der Waals surface area (Å²) in [7, 11) is 0. The second-order valence-corrected chi connectivity index (χ2v) is 7.01. The van der Waals surface area contributed by atoms with Gasteiger partial charge in [-0.2, -0.15) is 0 Å². The van der Waals surface area contributed by atoms with E-state index in [1.165, 1.54) is 18.4 Å². The predicted octanol–water partition coefficient (Wildman–Crippen LogP) is 4.35. The van der Waals surface area contributed by atoms with Crippen LogP contribution in [0.25, 0.3) is 0 Å². The quantitative estimate of drug-likeness (QED) is 0.797. The summed E-state index contributed by atoms with van der Waals surface area (Å²) in [5.74, 6) is 1.34. The van der Waals surface area contributed by atoms with Gasteiger partial charge < -0.3 is 10.1 Å². The molecule has 1 aromatic carbocycles. The van der Waals surface area contributed by atoms with E-state index in [2.05, 4.69) is 66.3 Å². The van der Waals surface area contributed by atoms with Crippen LogP contribution in [0.5, 0.6) is 0 Å². The lowest BCUT2D eigenvalue weighted by Gasteiger charge is -2.39. The molecular formula is C17H26BrNO. The third-order valence-corrected chi connectivity index (χ3v) is 4.76. The van der Waals surface area contributed by atoms with Gasteiger partial charge in [0.2, 0.25) is 0 Å². The molecule has 0 amide bonds. The van der Waals surface area contributed by atoms with Crippen LogP contribution in [0, 0.1) is 5.92 Å². The highest BCUT2D eigenvalue weighted by Crippen LogP contribution is 2.37. The van der Waals surface area contributed by atoms with E-state index in [1.54, 1.807) is 0 Å². The van der Waals surface area contributed by atoms with Gasteiger partial charge in [-0.3, -0.25) is 0 Å². The van der Waals surface area contributed by atoms with Crippen molar-refractivity contribution in [3.8, 4) is 0 Å². The number of hydrogen-bond acceptors (Lipinski definition) is 2. The monoisotopic (exact) mass is 339 g/mol. The second kappa shape index (κ2) is 7.58. The molecule has 0 spiro atoms. The molecule has 3 heteroatoms. The number of rotatable bonds is 7. The Morgan fingerprint density at radius 3 is 2.45 bits per heavy atom. The van der Waals surface area contributed by atoms with Crippen molar-refractivity contribution in [3.05, 3.63) is 34.3 Å². The van der Waals surface area contributed by atoms with Gasteiger partial charge in [0.25, 0.3) is 0 Å². The molecule has 1 atom stereocenters. The first-order valence-electron chi connectivity index (χ1n) is 7.69. The minimum absolute atomic E-state index is 0.478. The van der Waals surface area contributed by atoms with E-state index in [-0.39, 0.29) is 0 Å². The van der Waals surface area contributed by atoms with Crippen molar-refractivity contribution in [3.63, 3.8) is 0 Å². The van der Waals surface area contributed by atoms with Gasteiger partial charge in [0, 0.05) is 23.2 Å². The molecule has 1 aromatic rings. The predicted molar refractivity (Wildman–Crippen MR) is 88.2 cm³/mol. The Kier molecular flexibility index (Phi) is 6.06. The number of nitrogens with one attached hydrogen (secondary N) is 1. The van der Waals surface area contributed by atoms with Gasteiger partial charge in [-0.15, -0.1) is 0 Å². The third-order valence-electron chi connectivity index (χ3n) is 4.24. The minimum Gasteiger partial charge on any atom is -0.380 e. The van der Waals surface area contributed by atoms with Crippen molar-refractivity contribution >= 4 is 15.9 Å². The van der Waals surface area contributed by atoms with Crippen molar-refractivity contribution < 1.29 is 4.74 Å². The molecule has 2 rings (SSSR count).